The quantitative estimate of drug-likeness (QED) is 0.0188. The van der Waals surface area contributed by atoms with Crippen LogP contribution in [0, 0.1) is 0 Å². The second-order valence-electron chi connectivity index (χ2n) is 35.7. The van der Waals surface area contributed by atoms with E-state index in [1.807, 2.05) is 0 Å². The first-order chi connectivity index (χ1) is 63.3. The molecule has 0 aliphatic heterocycles. The fourth-order valence-electron chi connectivity index (χ4n) is 15.0. The molecule has 0 heterocycles. The summed E-state index contributed by atoms with van der Waals surface area (Å²) in [4.78, 5) is 106. The van der Waals surface area contributed by atoms with Gasteiger partial charge in [0.25, 0.3) is 0 Å². The van der Waals surface area contributed by atoms with E-state index in [0.29, 0.717) is 51.3 Å². The molecule has 0 aromatic heterocycles. The summed E-state index contributed by atoms with van der Waals surface area (Å²) < 4.78 is 24.5. The maximum atomic E-state index is 11.1. The van der Waals surface area contributed by atoms with Gasteiger partial charge in [0.2, 0.25) is 0 Å². The number of esters is 5. The number of carboxylic acid groups (broad SMARTS) is 5. The van der Waals surface area contributed by atoms with Crippen molar-refractivity contribution in [3.8, 4) is 0 Å². The summed E-state index contributed by atoms with van der Waals surface area (Å²) in [6, 6.07) is 0. The Hall–Kier alpha value is -3.60. The molecule has 760 valence electrons. The van der Waals surface area contributed by atoms with Crippen LogP contribution in [0.3, 0.4) is 0 Å². The van der Waals surface area contributed by atoms with Gasteiger partial charge in [0.05, 0.1) is 50.9 Å². The number of rotatable bonds is 95. The van der Waals surface area contributed by atoms with Gasteiger partial charge >= 0.3 is 130 Å². The van der Waals surface area contributed by atoms with E-state index in [0.717, 1.165) is 107 Å². The largest absolute Gasteiger partial charge is 1.00 e. The third-order valence-corrected chi connectivity index (χ3v) is 23.0. The molecule has 0 aliphatic rings. The van der Waals surface area contributed by atoms with E-state index in [1.165, 1.54) is 449 Å². The fraction of sp³-hybridized carbons (Fsp3) is 0.818. The molecular weight excluding hydrogens is 1710 g/mol. The average Bonchev–Trinajstić information content (AvgIpc) is 1.05. The molecule has 0 fully saturated rings. The predicted molar refractivity (Wildman–Crippen MR) is 529 cm³/mol. The van der Waals surface area contributed by atoms with Gasteiger partial charge in [-0.1, -0.05) is 516 Å². The summed E-state index contributed by atoms with van der Waals surface area (Å²) >= 11 is 0. The molecule has 0 saturated carbocycles. The van der Waals surface area contributed by atoms with Crippen LogP contribution in [0.15, 0.2) is 60.8 Å². The maximum absolute atomic E-state index is 11.1. The summed E-state index contributed by atoms with van der Waals surface area (Å²) in [7, 11) is 0. The van der Waals surface area contributed by atoms with Gasteiger partial charge in [0.15, 0.2) is 0 Å². The van der Waals surface area contributed by atoms with Crippen molar-refractivity contribution in [3.05, 3.63) is 60.8 Å². The third-order valence-electron chi connectivity index (χ3n) is 23.0. The molecule has 0 saturated heterocycles. The second-order valence-corrected chi connectivity index (χ2v) is 35.7. The van der Waals surface area contributed by atoms with Crippen molar-refractivity contribution in [2.75, 3.05) is 33.0 Å². The molecule has 0 radical (unpaired) electrons. The van der Waals surface area contributed by atoms with Crippen LogP contribution in [0.2, 0.25) is 0 Å². The third kappa shape index (κ3) is 151. The SMILES string of the molecule is CCCCCCCCCCCCCCCCCCOC(=O)/C=C/C(=O)O.CCCCCCCCCCCCCCCCCCOC(=O)/C=C/C(=O)O.CCCCCCCCCCCCCCCCCCOC(=O)/C=C/C(=O)[O-].CCCCCCCCCCCCCCCCCCOC(=O)/C=C/C(=O)[O-].CCCCCCCCCCCCCCCCCCOC(=O)/C=C/C(=O)[O-].[Na+].[Na+].[Na+]. The first-order valence-corrected chi connectivity index (χ1v) is 53.7. The normalized spacial score (nSPS) is 10.9. The number of ether oxygens (including phenoxy) is 5. The molecule has 0 aromatic carbocycles. The van der Waals surface area contributed by atoms with E-state index < -0.39 is 59.7 Å². The Bertz CT molecular complexity index is 2240. The molecule has 0 amide bonds. The van der Waals surface area contributed by atoms with Crippen molar-refractivity contribution in [1.29, 1.82) is 0 Å². The molecule has 0 aliphatic carbocycles. The van der Waals surface area contributed by atoms with Gasteiger partial charge in [0.1, 0.15) is 0 Å². The second kappa shape index (κ2) is 130. The molecule has 0 rings (SSSR count). The van der Waals surface area contributed by atoms with Crippen LogP contribution < -0.4 is 104 Å². The zero-order chi connectivity index (χ0) is 96.5. The summed E-state index contributed by atoms with van der Waals surface area (Å²) in [6.45, 7) is 13.1. The van der Waals surface area contributed by atoms with E-state index in [-0.39, 0.29) is 88.7 Å². The maximum Gasteiger partial charge on any atom is 1.00 e. The number of carboxylic acids is 5. The Labute approximate surface area is 879 Å². The standard InChI is InChI=1S/5C22H40O4.3Na/c5*1-2-3-4-5-6-7-8-9-10-11-12-13-14-15-16-17-20-26-22(25)19-18-21(23)24;;;/h5*18-19H,2-17,20H2,1H3,(H,23,24);;;/q;;;;;3*+1/p-3/b5*19-18+;;;. The van der Waals surface area contributed by atoms with Crippen molar-refractivity contribution >= 4 is 59.7 Å². The van der Waals surface area contributed by atoms with Gasteiger partial charge in [-0.15, -0.1) is 0 Å². The van der Waals surface area contributed by atoms with Crippen molar-refractivity contribution in [2.45, 2.75) is 548 Å². The smallest absolute Gasteiger partial charge is 0.545 e. The molecule has 0 spiro atoms. The van der Waals surface area contributed by atoms with Crippen LogP contribution in [-0.2, 0) is 71.6 Å². The summed E-state index contributed by atoms with van der Waals surface area (Å²) in [5, 5.41) is 47.2. The zero-order valence-corrected chi connectivity index (χ0v) is 93.1. The van der Waals surface area contributed by atoms with Crippen molar-refractivity contribution in [3.63, 3.8) is 0 Å². The number of carbonyl (C=O) groups excluding carboxylic acids is 8. The van der Waals surface area contributed by atoms with E-state index in [9.17, 15) is 63.3 Å². The van der Waals surface area contributed by atoms with Crippen molar-refractivity contribution < 1.29 is 186 Å². The molecular formula is C110H197Na3O20. The van der Waals surface area contributed by atoms with Crippen LogP contribution in [0.25, 0.3) is 0 Å². The average molecular weight is 1910 g/mol. The van der Waals surface area contributed by atoms with Crippen molar-refractivity contribution in [1.82, 2.24) is 0 Å². The van der Waals surface area contributed by atoms with Crippen LogP contribution >= 0.6 is 0 Å². The minimum Gasteiger partial charge on any atom is -0.545 e. The number of carbonyl (C=O) groups is 10. The Morgan fingerprint density at radius 3 is 0.338 bits per heavy atom. The van der Waals surface area contributed by atoms with E-state index in [1.54, 1.807) is 0 Å². The van der Waals surface area contributed by atoms with E-state index in [2.05, 4.69) is 34.6 Å². The molecule has 20 nitrogen and oxygen atoms in total. The first-order valence-electron chi connectivity index (χ1n) is 53.7. The summed E-state index contributed by atoms with van der Waals surface area (Å²) in [6.07, 6.45) is 113. The number of hydrogen-bond donors (Lipinski definition) is 2. The minimum atomic E-state index is -1.38. The van der Waals surface area contributed by atoms with Gasteiger partial charge < -0.3 is 63.6 Å². The van der Waals surface area contributed by atoms with Gasteiger partial charge in [-0.3, -0.25) is 0 Å². The number of hydrogen-bond acceptors (Lipinski definition) is 18. The molecule has 2 N–H and O–H groups in total. The number of aliphatic carboxylic acids is 5. The summed E-state index contributed by atoms with van der Waals surface area (Å²) in [5.41, 5.74) is 0. The first kappa shape index (κ1) is 145. The molecule has 0 atom stereocenters. The van der Waals surface area contributed by atoms with Gasteiger partial charge in [-0.05, 0) is 50.3 Å². The van der Waals surface area contributed by atoms with Crippen LogP contribution in [-0.4, -0.2) is 103 Å². The van der Waals surface area contributed by atoms with Crippen LogP contribution in [0.5, 0.6) is 0 Å². The zero-order valence-electron chi connectivity index (χ0n) is 87.1. The van der Waals surface area contributed by atoms with Crippen LogP contribution in [0.1, 0.15) is 548 Å². The minimum absolute atomic E-state index is 0. The van der Waals surface area contributed by atoms with Crippen molar-refractivity contribution in [2.24, 2.45) is 0 Å². The van der Waals surface area contributed by atoms with E-state index in [4.69, 9.17) is 33.9 Å². The van der Waals surface area contributed by atoms with E-state index >= 15 is 0 Å². The van der Waals surface area contributed by atoms with Gasteiger partial charge in [-0.2, -0.15) is 0 Å². The molecule has 0 bridgehead atoms. The van der Waals surface area contributed by atoms with Gasteiger partial charge in [-0.25, -0.2) is 33.6 Å². The monoisotopic (exact) mass is 1910 g/mol. The molecule has 23 heteroatoms. The Morgan fingerprint density at radius 2 is 0.248 bits per heavy atom. The summed E-state index contributed by atoms with van der Waals surface area (Å²) in [5.74, 6) is -9.42. The number of unbranched alkanes of at least 4 members (excludes halogenated alkanes) is 75. The van der Waals surface area contributed by atoms with Gasteiger partial charge in [0, 0.05) is 42.5 Å². The Morgan fingerprint density at radius 1 is 0.158 bits per heavy atom. The Kier molecular flexibility index (Phi) is 142. The van der Waals surface area contributed by atoms with Crippen LogP contribution in [0.4, 0.5) is 0 Å². The topological polar surface area (TPSA) is 326 Å². The molecule has 0 aromatic rings. The predicted octanol–water partition coefficient (Wildman–Crippen LogP) is 19.2. The Balaban J connectivity index is -0.000000243. The molecule has 0 unspecified atom stereocenters. The fourth-order valence-corrected chi connectivity index (χ4v) is 15.0. The molecule has 133 heavy (non-hydrogen) atoms.